The number of tetrazole rings is 1. The van der Waals surface area contributed by atoms with Crippen molar-refractivity contribution < 1.29 is 14.3 Å². The molecule has 22 heavy (non-hydrogen) atoms. The monoisotopic (exact) mass is 304 g/mol. The summed E-state index contributed by atoms with van der Waals surface area (Å²) in [5, 5.41) is 12.9. The van der Waals surface area contributed by atoms with Crippen molar-refractivity contribution >= 4 is 23.3 Å². The third-order valence-electron chi connectivity index (χ3n) is 2.71. The smallest absolute Gasteiger partial charge is 0.328 e. The van der Waals surface area contributed by atoms with E-state index in [0.29, 0.717) is 5.69 Å². The molecule has 0 aliphatic heterocycles. The minimum absolute atomic E-state index is 0.141. The summed E-state index contributed by atoms with van der Waals surface area (Å²) in [5.74, 6) is -1.01. The number of carbonyl (C=O) groups is 2. The number of esters is 1. The first kappa shape index (κ1) is 15.4. The summed E-state index contributed by atoms with van der Waals surface area (Å²) in [6.07, 6.45) is 1.29. The van der Waals surface area contributed by atoms with Gasteiger partial charge >= 0.3 is 5.97 Å². The number of nitrogens with one attached hydrogen (secondary N) is 1. The maximum Gasteiger partial charge on any atom is 0.328 e. The maximum atomic E-state index is 11.7. The van der Waals surface area contributed by atoms with Crippen molar-refractivity contribution in [2.45, 2.75) is 6.54 Å². The maximum absolute atomic E-state index is 11.7. The van der Waals surface area contributed by atoms with E-state index in [-0.39, 0.29) is 13.2 Å². The molecule has 2 rings (SSSR count). The second kappa shape index (κ2) is 7.16. The molecule has 0 spiro atoms. The average Bonchev–Trinajstić information content (AvgIpc) is 2.98. The van der Waals surface area contributed by atoms with E-state index in [0.717, 1.165) is 5.69 Å². The number of aromatic nitrogens is 4. The first-order chi connectivity index (χ1) is 10.5. The van der Waals surface area contributed by atoms with E-state index in [1.165, 1.54) is 11.0 Å². The van der Waals surface area contributed by atoms with Gasteiger partial charge in [-0.3, -0.25) is 9.59 Å². The van der Waals surface area contributed by atoms with Gasteiger partial charge in [0, 0.05) is 25.5 Å². The molecular formula is C13H16N6O3. The van der Waals surface area contributed by atoms with Crippen LogP contribution < -0.4 is 10.2 Å². The van der Waals surface area contributed by atoms with Crippen LogP contribution in [0.4, 0.5) is 11.4 Å². The quantitative estimate of drug-likeness (QED) is 0.745. The van der Waals surface area contributed by atoms with Crippen molar-refractivity contribution in [2.24, 2.45) is 0 Å². The molecule has 1 N–H and O–H groups in total. The second-order valence-corrected chi connectivity index (χ2v) is 4.66. The van der Waals surface area contributed by atoms with E-state index in [1.54, 1.807) is 12.1 Å². The van der Waals surface area contributed by atoms with Gasteiger partial charge in [-0.1, -0.05) is 0 Å². The lowest BCUT2D eigenvalue weighted by Gasteiger charge is -2.13. The van der Waals surface area contributed by atoms with Crippen LogP contribution in [0.5, 0.6) is 0 Å². The topological polar surface area (TPSA) is 102 Å². The van der Waals surface area contributed by atoms with Crippen molar-refractivity contribution in [1.82, 2.24) is 20.2 Å². The number of ether oxygens (including phenoxy) is 1. The fourth-order valence-corrected chi connectivity index (χ4v) is 1.62. The highest BCUT2D eigenvalue weighted by Crippen LogP contribution is 2.15. The third kappa shape index (κ3) is 4.54. The molecule has 9 nitrogen and oxygen atoms in total. The minimum Gasteiger partial charge on any atom is -0.454 e. The van der Waals surface area contributed by atoms with Crippen LogP contribution in [0.2, 0.25) is 0 Å². The van der Waals surface area contributed by atoms with E-state index in [2.05, 4.69) is 20.8 Å². The first-order valence-corrected chi connectivity index (χ1v) is 6.48. The van der Waals surface area contributed by atoms with Crippen molar-refractivity contribution in [2.75, 3.05) is 30.9 Å². The van der Waals surface area contributed by atoms with Gasteiger partial charge < -0.3 is 15.0 Å². The summed E-state index contributed by atoms with van der Waals surface area (Å²) in [7, 11) is 3.86. The molecule has 0 radical (unpaired) electrons. The molecule has 0 atom stereocenters. The van der Waals surface area contributed by atoms with E-state index >= 15 is 0 Å². The number of amides is 1. The van der Waals surface area contributed by atoms with Crippen molar-refractivity contribution in [1.29, 1.82) is 0 Å². The summed E-state index contributed by atoms with van der Waals surface area (Å²) in [4.78, 5) is 25.1. The summed E-state index contributed by atoms with van der Waals surface area (Å²) < 4.78 is 6.04. The van der Waals surface area contributed by atoms with E-state index in [9.17, 15) is 9.59 Å². The predicted octanol–water partition coefficient (Wildman–Crippen LogP) is -0.0790. The SMILES string of the molecule is CN(C)c1ccc(NC(=O)COC(=O)Cn2cnnn2)cc1. The Bertz CT molecular complexity index is 624. The van der Waals surface area contributed by atoms with Crippen molar-refractivity contribution in [3.8, 4) is 0 Å². The molecule has 1 heterocycles. The Labute approximate surface area is 126 Å². The summed E-state index contributed by atoms with van der Waals surface area (Å²) >= 11 is 0. The Morgan fingerprint density at radius 3 is 2.59 bits per heavy atom. The average molecular weight is 304 g/mol. The predicted molar refractivity (Wildman–Crippen MR) is 78.2 cm³/mol. The molecule has 0 saturated heterocycles. The van der Waals surface area contributed by atoms with Crippen molar-refractivity contribution in [3.05, 3.63) is 30.6 Å². The lowest BCUT2D eigenvalue weighted by atomic mass is 10.2. The second-order valence-electron chi connectivity index (χ2n) is 4.66. The molecule has 0 fully saturated rings. The molecule has 2 aromatic rings. The molecule has 1 amide bonds. The van der Waals surface area contributed by atoms with Crippen LogP contribution in [0.3, 0.4) is 0 Å². The van der Waals surface area contributed by atoms with Gasteiger partial charge in [0.25, 0.3) is 5.91 Å². The zero-order chi connectivity index (χ0) is 15.9. The van der Waals surface area contributed by atoms with Crippen LogP contribution in [-0.2, 0) is 20.9 Å². The largest absolute Gasteiger partial charge is 0.454 e. The van der Waals surface area contributed by atoms with E-state index in [1.807, 2.05) is 31.1 Å². The highest BCUT2D eigenvalue weighted by molar-refractivity contribution is 5.92. The molecule has 9 heteroatoms. The standard InChI is InChI=1S/C13H16N6O3/c1-18(2)11-5-3-10(4-6-11)15-12(20)8-22-13(21)7-19-9-14-16-17-19/h3-6,9H,7-8H2,1-2H3,(H,15,20). The molecule has 0 aliphatic carbocycles. The molecule has 1 aromatic heterocycles. The Hall–Kier alpha value is -2.97. The van der Waals surface area contributed by atoms with Crippen LogP contribution in [0.1, 0.15) is 0 Å². The highest BCUT2D eigenvalue weighted by atomic mass is 16.5. The highest BCUT2D eigenvalue weighted by Gasteiger charge is 2.09. The Morgan fingerprint density at radius 1 is 1.27 bits per heavy atom. The minimum atomic E-state index is -0.592. The molecular weight excluding hydrogens is 288 g/mol. The Balaban J connectivity index is 1.76. The molecule has 0 bridgehead atoms. The summed E-state index contributed by atoms with van der Waals surface area (Å²) in [6.45, 7) is -0.506. The third-order valence-corrected chi connectivity index (χ3v) is 2.71. The zero-order valence-electron chi connectivity index (χ0n) is 12.3. The van der Waals surface area contributed by atoms with Gasteiger partial charge in [-0.2, -0.15) is 0 Å². The molecule has 0 unspecified atom stereocenters. The van der Waals surface area contributed by atoms with Crippen LogP contribution in [0.15, 0.2) is 30.6 Å². The lowest BCUT2D eigenvalue weighted by molar-refractivity contribution is -0.148. The van der Waals surface area contributed by atoms with Crippen LogP contribution in [0.25, 0.3) is 0 Å². The molecule has 0 saturated carbocycles. The summed E-state index contributed by atoms with van der Waals surface area (Å²) in [6, 6.07) is 7.30. The van der Waals surface area contributed by atoms with Crippen LogP contribution in [0, 0.1) is 0 Å². The lowest BCUT2D eigenvalue weighted by Crippen LogP contribution is -2.23. The van der Waals surface area contributed by atoms with Crippen LogP contribution >= 0.6 is 0 Å². The number of benzene rings is 1. The van der Waals surface area contributed by atoms with Gasteiger partial charge in [0.15, 0.2) is 6.61 Å². The fourth-order valence-electron chi connectivity index (χ4n) is 1.62. The number of carbonyl (C=O) groups excluding carboxylic acids is 2. The van der Waals surface area contributed by atoms with E-state index < -0.39 is 11.9 Å². The number of nitrogens with zero attached hydrogens (tertiary/aromatic N) is 5. The first-order valence-electron chi connectivity index (χ1n) is 6.48. The van der Waals surface area contributed by atoms with Gasteiger partial charge in [-0.05, 0) is 34.7 Å². The van der Waals surface area contributed by atoms with Gasteiger partial charge in [0.2, 0.25) is 0 Å². The van der Waals surface area contributed by atoms with Crippen molar-refractivity contribution in [3.63, 3.8) is 0 Å². The number of hydrogen-bond acceptors (Lipinski definition) is 7. The zero-order valence-corrected chi connectivity index (χ0v) is 12.3. The van der Waals surface area contributed by atoms with Gasteiger partial charge in [-0.15, -0.1) is 5.10 Å². The fraction of sp³-hybridized carbons (Fsp3) is 0.308. The Morgan fingerprint density at radius 2 is 2.00 bits per heavy atom. The van der Waals surface area contributed by atoms with Gasteiger partial charge in [-0.25, -0.2) is 4.68 Å². The van der Waals surface area contributed by atoms with Gasteiger partial charge in [0.1, 0.15) is 12.9 Å². The number of anilines is 2. The summed E-state index contributed by atoms with van der Waals surface area (Å²) in [5.41, 5.74) is 1.65. The molecule has 0 aliphatic rings. The Kier molecular flexibility index (Phi) is 5.02. The normalized spacial score (nSPS) is 10.1. The van der Waals surface area contributed by atoms with E-state index in [4.69, 9.17) is 4.74 Å². The number of hydrogen-bond donors (Lipinski definition) is 1. The van der Waals surface area contributed by atoms with Crippen LogP contribution in [-0.4, -0.2) is 52.8 Å². The number of rotatable bonds is 6. The molecule has 1 aromatic carbocycles. The van der Waals surface area contributed by atoms with Gasteiger partial charge in [0.05, 0.1) is 0 Å². The molecule has 116 valence electrons.